The van der Waals surface area contributed by atoms with E-state index in [-0.39, 0.29) is 24.5 Å². The first-order chi connectivity index (χ1) is 8.92. The van der Waals surface area contributed by atoms with Crippen LogP contribution >= 0.6 is 11.3 Å². The molecule has 0 aromatic carbocycles. The van der Waals surface area contributed by atoms with Crippen LogP contribution in [0.5, 0.6) is 0 Å². The molecule has 0 saturated heterocycles. The first-order valence-corrected chi connectivity index (χ1v) is 7.01. The highest BCUT2D eigenvalue weighted by molar-refractivity contribution is 7.09. The topological polar surface area (TPSA) is 91.3 Å². The van der Waals surface area contributed by atoms with E-state index >= 15 is 0 Å². The molecule has 3 N–H and O–H groups in total. The number of carboxylic acid groups (broad SMARTS) is 1. The van der Waals surface area contributed by atoms with E-state index in [1.807, 2.05) is 26.2 Å². The second kappa shape index (κ2) is 7.08. The Bertz CT molecular complexity index is 447. The van der Waals surface area contributed by atoms with Crippen molar-refractivity contribution in [3.8, 4) is 0 Å². The van der Waals surface area contributed by atoms with Gasteiger partial charge in [0.05, 0.1) is 12.5 Å². The van der Waals surface area contributed by atoms with Crippen LogP contribution in [0.25, 0.3) is 0 Å². The van der Waals surface area contributed by atoms with Crippen molar-refractivity contribution in [1.82, 2.24) is 15.6 Å². The van der Waals surface area contributed by atoms with Crippen LogP contribution in [0.2, 0.25) is 0 Å². The fourth-order valence-electron chi connectivity index (χ4n) is 1.56. The Hall–Kier alpha value is -1.63. The van der Waals surface area contributed by atoms with Gasteiger partial charge in [0.25, 0.3) is 0 Å². The summed E-state index contributed by atoms with van der Waals surface area (Å²) in [6.07, 6.45) is 0.499. The Labute approximate surface area is 116 Å². The lowest BCUT2D eigenvalue weighted by molar-refractivity contribution is -0.137. The molecule has 2 amide bonds. The number of aryl methyl sites for hydroxylation is 1. The number of carbonyl (C=O) groups excluding carboxylic acids is 1. The monoisotopic (exact) mass is 285 g/mol. The highest BCUT2D eigenvalue weighted by atomic mass is 32.1. The molecule has 0 radical (unpaired) electrons. The maximum absolute atomic E-state index is 11.7. The minimum atomic E-state index is -0.921. The Morgan fingerprint density at radius 3 is 2.63 bits per heavy atom. The molecule has 7 heteroatoms. The van der Waals surface area contributed by atoms with Crippen LogP contribution in [0.15, 0.2) is 5.38 Å². The van der Waals surface area contributed by atoms with E-state index in [0.717, 1.165) is 10.7 Å². The fourth-order valence-corrected chi connectivity index (χ4v) is 2.37. The summed E-state index contributed by atoms with van der Waals surface area (Å²) in [5.41, 5.74) is 0.923. The van der Waals surface area contributed by atoms with Gasteiger partial charge in [-0.2, -0.15) is 0 Å². The summed E-state index contributed by atoms with van der Waals surface area (Å²) in [6, 6.07) is -0.919. The van der Waals surface area contributed by atoms with Gasteiger partial charge in [-0.25, -0.2) is 9.78 Å². The number of amides is 2. The fraction of sp³-hybridized carbons (Fsp3) is 0.583. The number of thiazole rings is 1. The lowest BCUT2D eigenvalue weighted by atomic mass is 10.1. The number of aromatic nitrogens is 1. The maximum Gasteiger partial charge on any atom is 0.315 e. The highest BCUT2D eigenvalue weighted by Gasteiger charge is 2.17. The van der Waals surface area contributed by atoms with E-state index in [9.17, 15) is 9.59 Å². The number of hydrogen-bond acceptors (Lipinski definition) is 4. The van der Waals surface area contributed by atoms with Crippen LogP contribution in [0.4, 0.5) is 4.79 Å². The lowest BCUT2D eigenvalue weighted by Crippen LogP contribution is -2.43. The molecule has 1 heterocycles. The molecule has 0 aliphatic heterocycles. The third kappa shape index (κ3) is 5.25. The number of carbonyl (C=O) groups is 2. The summed E-state index contributed by atoms with van der Waals surface area (Å²) in [6.45, 7) is 5.57. The van der Waals surface area contributed by atoms with Crippen LogP contribution in [0.3, 0.4) is 0 Å². The zero-order chi connectivity index (χ0) is 14.4. The molecule has 0 aliphatic rings. The zero-order valence-corrected chi connectivity index (χ0v) is 12.1. The molecule has 106 valence electrons. The average Bonchev–Trinajstić information content (AvgIpc) is 2.74. The van der Waals surface area contributed by atoms with Crippen molar-refractivity contribution >= 4 is 23.3 Å². The van der Waals surface area contributed by atoms with E-state index in [0.29, 0.717) is 6.42 Å². The molecule has 1 aromatic rings. The summed E-state index contributed by atoms with van der Waals surface area (Å²) >= 11 is 1.49. The van der Waals surface area contributed by atoms with Gasteiger partial charge in [0.1, 0.15) is 5.01 Å². The number of nitrogens with zero attached hydrogens (tertiary/aromatic N) is 1. The zero-order valence-electron chi connectivity index (χ0n) is 11.3. The molecule has 0 fully saturated rings. The first kappa shape index (κ1) is 15.4. The van der Waals surface area contributed by atoms with Crippen molar-refractivity contribution in [2.24, 2.45) is 0 Å². The van der Waals surface area contributed by atoms with Gasteiger partial charge < -0.3 is 15.7 Å². The van der Waals surface area contributed by atoms with E-state index in [1.165, 1.54) is 11.3 Å². The number of rotatable bonds is 6. The molecule has 0 bridgehead atoms. The van der Waals surface area contributed by atoms with Crippen molar-refractivity contribution in [2.75, 3.05) is 0 Å². The van der Waals surface area contributed by atoms with Crippen molar-refractivity contribution in [2.45, 2.75) is 45.7 Å². The van der Waals surface area contributed by atoms with Gasteiger partial charge in [0.15, 0.2) is 0 Å². The largest absolute Gasteiger partial charge is 0.481 e. The molecule has 1 aromatic heterocycles. The van der Waals surface area contributed by atoms with Crippen molar-refractivity contribution in [1.29, 1.82) is 0 Å². The molecule has 6 nitrogen and oxygen atoms in total. The average molecular weight is 285 g/mol. The van der Waals surface area contributed by atoms with E-state index in [4.69, 9.17) is 5.11 Å². The number of urea groups is 1. The minimum Gasteiger partial charge on any atom is -0.481 e. The van der Waals surface area contributed by atoms with Gasteiger partial charge in [-0.1, -0.05) is 6.92 Å². The van der Waals surface area contributed by atoms with Crippen molar-refractivity contribution in [3.05, 3.63) is 16.1 Å². The third-order valence-electron chi connectivity index (χ3n) is 2.60. The first-order valence-electron chi connectivity index (χ1n) is 6.13. The van der Waals surface area contributed by atoms with Gasteiger partial charge in [0.2, 0.25) is 0 Å². The summed E-state index contributed by atoms with van der Waals surface area (Å²) < 4.78 is 0. The number of nitrogens with one attached hydrogen (secondary N) is 2. The number of aliphatic carboxylic acids is 1. The molecular formula is C12H19N3O3S. The summed E-state index contributed by atoms with van der Waals surface area (Å²) in [5.74, 6) is -0.921. The molecule has 1 rings (SSSR count). The van der Waals surface area contributed by atoms with Gasteiger partial charge in [-0.3, -0.25) is 4.79 Å². The van der Waals surface area contributed by atoms with Gasteiger partial charge in [0, 0.05) is 17.1 Å². The highest BCUT2D eigenvalue weighted by Crippen LogP contribution is 2.17. The minimum absolute atomic E-state index is 0.0747. The van der Waals surface area contributed by atoms with Crippen LogP contribution in [-0.4, -0.2) is 28.1 Å². The maximum atomic E-state index is 11.7. The van der Waals surface area contributed by atoms with Crippen LogP contribution in [0, 0.1) is 6.92 Å². The predicted octanol–water partition coefficient (Wildman–Crippen LogP) is 2.07. The van der Waals surface area contributed by atoms with Crippen LogP contribution in [0.1, 0.15) is 43.4 Å². The Balaban J connectivity index is 2.47. The third-order valence-corrected chi connectivity index (χ3v) is 3.75. The summed E-state index contributed by atoms with van der Waals surface area (Å²) in [7, 11) is 0. The summed E-state index contributed by atoms with van der Waals surface area (Å²) in [5, 5.41) is 16.9. The second-order valence-electron chi connectivity index (χ2n) is 4.37. The second-order valence-corrected chi connectivity index (χ2v) is 5.26. The van der Waals surface area contributed by atoms with Gasteiger partial charge in [-0.15, -0.1) is 11.3 Å². The van der Waals surface area contributed by atoms with E-state index in [1.54, 1.807) is 0 Å². The molecular weight excluding hydrogens is 266 g/mol. The van der Waals surface area contributed by atoms with E-state index < -0.39 is 5.97 Å². The lowest BCUT2D eigenvalue weighted by Gasteiger charge is -2.17. The smallest absolute Gasteiger partial charge is 0.315 e. The van der Waals surface area contributed by atoms with Gasteiger partial charge in [-0.05, 0) is 20.3 Å². The van der Waals surface area contributed by atoms with Crippen molar-refractivity contribution < 1.29 is 14.7 Å². The Kier molecular flexibility index (Phi) is 5.75. The predicted molar refractivity (Wildman–Crippen MR) is 73.3 cm³/mol. The van der Waals surface area contributed by atoms with Crippen LogP contribution < -0.4 is 10.6 Å². The number of carboxylic acids is 1. The quantitative estimate of drug-likeness (QED) is 0.746. The number of hydrogen-bond donors (Lipinski definition) is 3. The standard InChI is InChI=1S/C12H19N3O3S/c1-4-9(5-10(16)17)15-12(18)14-8(3)11-13-7(2)6-19-11/h6,8-9H,4-5H2,1-3H3,(H,16,17)(H2,14,15,18). The Morgan fingerprint density at radius 2 is 2.16 bits per heavy atom. The normalized spacial score (nSPS) is 13.6. The summed E-state index contributed by atoms with van der Waals surface area (Å²) in [4.78, 5) is 26.7. The molecule has 0 spiro atoms. The van der Waals surface area contributed by atoms with Crippen molar-refractivity contribution in [3.63, 3.8) is 0 Å². The van der Waals surface area contributed by atoms with Gasteiger partial charge >= 0.3 is 12.0 Å². The SMILES string of the molecule is CCC(CC(=O)O)NC(=O)NC(C)c1nc(C)cs1. The Morgan fingerprint density at radius 1 is 1.47 bits per heavy atom. The molecule has 2 unspecified atom stereocenters. The van der Waals surface area contributed by atoms with E-state index in [2.05, 4.69) is 15.6 Å². The molecule has 0 aliphatic carbocycles. The molecule has 2 atom stereocenters. The molecule has 19 heavy (non-hydrogen) atoms. The molecule has 0 saturated carbocycles. The van der Waals surface area contributed by atoms with Crippen LogP contribution in [-0.2, 0) is 4.79 Å².